The van der Waals surface area contributed by atoms with E-state index in [-0.39, 0.29) is 24.2 Å². The molecule has 1 fully saturated rings. The molecule has 0 N–H and O–H groups in total. The summed E-state index contributed by atoms with van der Waals surface area (Å²) in [5.41, 5.74) is 3.38. The normalized spacial score (nSPS) is 15.4. The predicted octanol–water partition coefficient (Wildman–Crippen LogP) is 7.91. The lowest BCUT2D eigenvalue weighted by Crippen LogP contribution is -2.36. The van der Waals surface area contributed by atoms with Gasteiger partial charge in [0.1, 0.15) is 0 Å². The molecule has 1 amide bonds. The Hall–Kier alpha value is -1.56. The maximum absolute atomic E-state index is 13.0. The molecule has 0 spiro atoms. The quantitative estimate of drug-likeness (QED) is 0.284. The van der Waals surface area contributed by atoms with Crippen molar-refractivity contribution < 1.29 is 4.79 Å². The minimum atomic E-state index is 0. The van der Waals surface area contributed by atoms with Gasteiger partial charge < -0.3 is 9.80 Å². The summed E-state index contributed by atoms with van der Waals surface area (Å²) in [5.74, 6) is 0.907. The van der Waals surface area contributed by atoms with E-state index >= 15 is 0 Å². The molecule has 0 aliphatic carbocycles. The van der Waals surface area contributed by atoms with E-state index in [9.17, 15) is 4.79 Å². The average Bonchev–Trinajstić information content (AvgIpc) is 3.29. The molecule has 2 aromatic carbocycles. The smallest absolute Gasteiger partial charge is 0.253 e. The topological polar surface area (TPSA) is 23.6 Å². The Kier molecular flexibility index (Phi) is 10.5. The lowest BCUT2D eigenvalue weighted by molar-refractivity contribution is 0.0781. The number of carbonyl (C=O) groups excluding carboxylic acids is 1. The number of hydrogen-bond donors (Lipinski definition) is 0. The summed E-state index contributed by atoms with van der Waals surface area (Å²) in [6, 6.07) is 17.6. The van der Waals surface area contributed by atoms with Crippen molar-refractivity contribution in [3.05, 3.63) is 91.6 Å². The Balaban J connectivity index is 0.00000342. The monoisotopic (exact) mass is 550 g/mol. The molecule has 0 radical (unpaired) electrons. The summed E-state index contributed by atoms with van der Waals surface area (Å²) in [6.45, 7) is 6.12. The highest BCUT2D eigenvalue weighted by molar-refractivity contribution is 7.10. The van der Waals surface area contributed by atoms with E-state index in [0.717, 1.165) is 31.6 Å². The largest absolute Gasteiger partial charge is 0.341 e. The Morgan fingerprint density at radius 1 is 1.09 bits per heavy atom. The van der Waals surface area contributed by atoms with Crippen LogP contribution in [0, 0.1) is 6.92 Å². The van der Waals surface area contributed by atoms with E-state index in [1.54, 1.807) is 5.56 Å². The van der Waals surface area contributed by atoms with Gasteiger partial charge in [-0.15, -0.1) is 23.7 Å². The first-order valence-corrected chi connectivity index (χ1v) is 13.6. The standard InChI is InChI=1S/C28H32Cl2N2OS.ClH/c1-20-25(13-17-34-20)21-10-14-32(15-11-21)16-12-24(23-8-9-26(29)27(30)18-23)19-31(2)28(33)22-6-4-3-5-7-22;/h3-9,13,17-18,21,24H,10-12,14-16,19H2,1-2H3;1H. The van der Waals surface area contributed by atoms with Gasteiger partial charge in [0.15, 0.2) is 0 Å². The number of thiophene rings is 1. The SMILES string of the molecule is Cc1sccc1C1CCN(CCC(CN(C)C(=O)c2ccccc2)c2ccc(Cl)c(Cl)c2)CC1.Cl. The van der Waals surface area contributed by atoms with Crippen LogP contribution in [0.25, 0.3) is 0 Å². The number of likely N-dealkylation sites (N-methyl/N-ethyl adjacent to an activating group) is 1. The van der Waals surface area contributed by atoms with E-state index in [2.05, 4.69) is 23.3 Å². The number of hydrogen-bond acceptors (Lipinski definition) is 3. The minimum Gasteiger partial charge on any atom is -0.341 e. The first-order chi connectivity index (χ1) is 16.4. The molecule has 35 heavy (non-hydrogen) atoms. The second-order valence-corrected chi connectivity index (χ2v) is 11.2. The molecule has 7 heteroatoms. The summed E-state index contributed by atoms with van der Waals surface area (Å²) >= 11 is 14.4. The maximum Gasteiger partial charge on any atom is 0.253 e. The predicted molar refractivity (Wildman–Crippen MR) is 152 cm³/mol. The highest BCUT2D eigenvalue weighted by Gasteiger charge is 2.24. The van der Waals surface area contributed by atoms with E-state index in [0.29, 0.717) is 28.1 Å². The summed E-state index contributed by atoms with van der Waals surface area (Å²) in [5, 5.41) is 3.34. The highest BCUT2D eigenvalue weighted by atomic mass is 35.5. The fourth-order valence-electron chi connectivity index (χ4n) is 4.97. The van der Waals surface area contributed by atoms with Gasteiger partial charge in [0.25, 0.3) is 5.91 Å². The lowest BCUT2D eigenvalue weighted by atomic mass is 9.89. The zero-order chi connectivity index (χ0) is 24.1. The van der Waals surface area contributed by atoms with Gasteiger partial charge in [-0.1, -0.05) is 47.5 Å². The molecule has 188 valence electrons. The summed E-state index contributed by atoms with van der Waals surface area (Å²) < 4.78 is 0. The first-order valence-electron chi connectivity index (χ1n) is 11.9. The summed E-state index contributed by atoms with van der Waals surface area (Å²) in [4.78, 5) is 18.8. The van der Waals surface area contributed by atoms with Crippen molar-refractivity contribution in [2.75, 3.05) is 33.2 Å². The number of likely N-dealkylation sites (tertiary alicyclic amines) is 1. The van der Waals surface area contributed by atoms with Crippen molar-refractivity contribution in [3.63, 3.8) is 0 Å². The summed E-state index contributed by atoms with van der Waals surface area (Å²) in [7, 11) is 1.88. The molecule has 1 unspecified atom stereocenters. The molecule has 2 heterocycles. The second-order valence-electron chi connectivity index (χ2n) is 9.26. The van der Waals surface area contributed by atoms with Crippen LogP contribution in [0.15, 0.2) is 60.0 Å². The van der Waals surface area contributed by atoms with E-state index in [1.165, 1.54) is 17.7 Å². The zero-order valence-electron chi connectivity index (χ0n) is 20.3. The van der Waals surface area contributed by atoms with Gasteiger partial charge in [0, 0.05) is 30.0 Å². The summed E-state index contributed by atoms with van der Waals surface area (Å²) in [6.07, 6.45) is 3.38. The number of halogens is 3. The van der Waals surface area contributed by atoms with Gasteiger partial charge in [0.2, 0.25) is 0 Å². The van der Waals surface area contributed by atoms with Crippen molar-refractivity contribution in [3.8, 4) is 0 Å². The van der Waals surface area contributed by atoms with Crippen molar-refractivity contribution in [1.29, 1.82) is 0 Å². The number of amides is 1. The maximum atomic E-state index is 13.0. The third-order valence-electron chi connectivity index (χ3n) is 7.00. The van der Waals surface area contributed by atoms with Gasteiger partial charge in [-0.2, -0.15) is 0 Å². The number of benzene rings is 2. The number of piperidine rings is 1. The molecule has 3 nitrogen and oxygen atoms in total. The minimum absolute atomic E-state index is 0. The van der Waals surface area contributed by atoms with Crippen LogP contribution in [0.3, 0.4) is 0 Å². The highest BCUT2D eigenvalue weighted by Crippen LogP contribution is 2.34. The number of nitrogens with zero attached hydrogens (tertiary/aromatic N) is 2. The molecule has 1 saturated heterocycles. The van der Waals surface area contributed by atoms with Gasteiger partial charge in [0.05, 0.1) is 10.0 Å². The molecule has 1 atom stereocenters. The third kappa shape index (κ3) is 7.24. The van der Waals surface area contributed by atoms with Crippen LogP contribution >= 0.6 is 46.9 Å². The van der Waals surface area contributed by atoms with Gasteiger partial charge in [-0.25, -0.2) is 0 Å². The third-order valence-corrected chi connectivity index (χ3v) is 8.60. The van der Waals surface area contributed by atoms with Crippen molar-refractivity contribution >= 4 is 52.9 Å². The number of rotatable bonds is 8. The van der Waals surface area contributed by atoms with Crippen LogP contribution in [0.2, 0.25) is 10.0 Å². The molecule has 0 saturated carbocycles. The Morgan fingerprint density at radius 2 is 1.80 bits per heavy atom. The molecule has 3 aromatic rings. The zero-order valence-corrected chi connectivity index (χ0v) is 23.4. The molecule has 1 aromatic heterocycles. The van der Waals surface area contributed by atoms with Crippen LogP contribution in [0.5, 0.6) is 0 Å². The van der Waals surface area contributed by atoms with Crippen LogP contribution in [-0.2, 0) is 0 Å². The fourth-order valence-corrected chi connectivity index (χ4v) is 6.06. The van der Waals surface area contributed by atoms with Crippen molar-refractivity contribution in [1.82, 2.24) is 9.80 Å². The van der Waals surface area contributed by atoms with Crippen molar-refractivity contribution in [2.24, 2.45) is 0 Å². The molecular weight excluding hydrogens is 519 g/mol. The van der Waals surface area contributed by atoms with Gasteiger partial charge >= 0.3 is 0 Å². The Morgan fingerprint density at radius 3 is 2.43 bits per heavy atom. The number of carbonyl (C=O) groups is 1. The first kappa shape index (κ1) is 28.0. The lowest BCUT2D eigenvalue weighted by Gasteiger charge is -2.33. The second kappa shape index (κ2) is 13.1. The van der Waals surface area contributed by atoms with E-state index in [1.807, 2.05) is 71.8 Å². The van der Waals surface area contributed by atoms with E-state index < -0.39 is 0 Å². The molecule has 1 aliphatic heterocycles. The average molecular weight is 552 g/mol. The van der Waals surface area contributed by atoms with Crippen LogP contribution in [0.4, 0.5) is 0 Å². The Bertz CT molecular complexity index is 1100. The van der Waals surface area contributed by atoms with Crippen LogP contribution in [-0.4, -0.2) is 48.9 Å². The molecule has 0 bridgehead atoms. The molecule has 1 aliphatic rings. The number of aryl methyl sites for hydroxylation is 1. The molecular formula is C28H33Cl3N2OS. The van der Waals surface area contributed by atoms with E-state index in [4.69, 9.17) is 23.2 Å². The Labute approximate surface area is 229 Å². The van der Waals surface area contributed by atoms with Gasteiger partial charge in [-0.05, 0) is 98.6 Å². The van der Waals surface area contributed by atoms with Crippen LogP contribution in [0.1, 0.15) is 57.5 Å². The van der Waals surface area contributed by atoms with Crippen molar-refractivity contribution in [2.45, 2.75) is 38.0 Å². The van der Waals surface area contributed by atoms with Gasteiger partial charge in [-0.3, -0.25) is 4.79 Å². The fraction of sp³-hybridized carbons (Fsp3) is 0.393. The van der Waals surface area contributed by atoms with Crippen LogP contribution < -0.4 is 0 Å². The molecule has 4 rings (SSSR count).